The van der Waals surface area contributed by atoms with Gasteiger partial charge in [0.2, 0.25) is 0 Å². The highest BCUT2D eigenvalue weighted by Gasteiger charge is 2.19. The highest BCUT2D eigenvalue weighted by atomic mass is 16.6. The first-order valence-electron chi connectivity index (χ1n) is 36.5. The van der Waals surface area contributed by atoms with E-state index in [0.29, 0.717) is 19.3 Å². The minimum absolute atomic E-state index is 0.0736. The molecule has 0 saturated heterocycles. The standard InChI is InChI=1S/C75H140O6/c1-4-7-10-13-16-19-22-25-28-30-32-33-34-35-36-37-38-39-40-41-42-43-44-46-47-50-53-56-59-62-65-68-74(77)80-71-72(70-79-73(76)67-64-61-58-55-52-49-27-24-21-18-15-12-9-6-3)81-75(78)69-66-63-60-57-54-51-48-45-31-29-26-23-20-17-14-11-8-5-2/h20,23-24,27,29,31,72H,4-19,21-22,25-26,28,30,32-71H2,1-3H3/b23-20-,27-24-,31-29-. The quantitative estimate of drug-likeness (QED) is 0.0261. The Bertz CT molecular complexity index is 1350. The average Bonchev–Trinajstić information content (AvgIpc) is 3.47. The molecule has 0 rings (SSSR count). The lowest BCUT2D eigenvalue weighted by Crippen LogP contribution is -2.30. The van der Waals surface area contributed by atoms with E-state index in [9.17, 15) is 14.4 Å². The average molecular weight is 1140 g/mol. The zero-order valence-electron chi connectivity index (χ0n) is 54.8. The summed E-state index contributed by atoms with van der Waals surface area (Å²) in [5.74, 6) is -0.863. The van der Waals surface area contributed by atoms with Crippen molar-refractivity contribution in [2.75, 3.05) is 13.2 Å². The van der Waals surface area contributed by atoms with E-state index in [4.69, 9.17) is 14.2 Å². The molecule has 476 valence electrons. The first kappa shape index (κ1) is 78.6. The lowest BCUT2D eigenvalue weighted by Gasteiger charge is -2.18. The zero-order valence-corrected chi connectivity index (χ0v) is 54.8. The number of hydrogen-bond donors (Lipinski definition) is 0. The SMILES string of the molecule is CCCCCC/C=C\C/C=C\CCCCCCCCCC(=O)OC(COC(=O)CCCCCCC/C=C\CCCCCCC)COC(=O)CCCCCCCCCCCCCCCCCCCCCCCCCCCCCCCCC. The molecule has 1 unspecified atom stereocenters. The molecule has 81 heavy (non-hydrogen) atoms. The van der Waals surface area contributed by atoms with Crippen LogP contribution in [-0.2, 0) is 28.6 Å². The summed E-state index contributed by atoms with van der Waals surface area (Å²) in [7, 11) is 0. The Morgan fingerprint density at radius 1 is 0.247 bits per heavy atom. The van der Waals surface area contributed by atoms with Crippen LogP contribution in [0.3, 0.4) is 0 Å². The van der Waals surface area contributed by atoms with Crippen LogP contribution >= 0.6 is 0 Å². The number of carbonyl (C=O) groups is 3. The maximum absolute atomic E-state index is 12.9. The molecule has 6 nitrogen and oxygen atoms in total. The second kappa shape index (κ2) is 70.1. The fraction of sp³-hybridized carbons (Fsp3) is 0.880. The van der Waals surface area contributed by atoms with Gasteiger partial charge >= 0.3 is 17.9 Å². The number of allylic oxidation sites excluding steroid dienone is 6. The van der Waals surface area contributed by atoms with Gasteiger partial charge in [-0.2, -0.15) is 0 Å². The van der Waals surface area contributed by atoms with Gasteiger partial charge in [0.1, 0.15) is 13.2 Å². The number of esters is 3. The normalized spacial score (nSPS) is 12.2. The van der Waals surface area contributed by atoms with Gasteiger partial charge in [-0.25, -0.2) is 0 Å². The fourth-order valence-electron chi connectivity index (χ4n) is 11.1. The van der Waals surface area contributed by atoms with E-state index in [0.717, 1.165) is 77.0 Å². The van der Waals surface area contributed by atoms with Crippen LogP contribution < -0.4 is 0 Å². The van der Waals surface area contributed by atoms with Crippen LogP contribution in [0.25, 0.3) is 0 Å². The molecule has 0 aliphatic rings. The molecule has 0 aliphatic carbocycles. The Morgan fingerprint density at radius 2 is 0.444 bits per heavy atom. The number of carbonyl (C=O) groups excluding carboxylic acids is 3. The summed E-state index contributed by atoms with van der Waals surface area (Å²) in [6, 6.07) is 0. The van der Waals surface area contributed by atoms with Crippen LogP contribution in [0.5, 0.6) is 0 Å². The molecule has 0 radical (unpaired) electrons. The zero-order chi connectivity index (χ0) is 58.5. The summed E-state index contributed by atoms with van der Waals surface area (Å²) in [5.41, 5.74) is 0. The molecular weight excluding hydrogens is 997 g/mol. The third-order valence-electron chi connectivity index (χ3n) is 16.6. The van der Waals surface area contributed by atoms with Gasteiger partial charge in [-0.3, -0.25) is 14.4 Å². The van der Waals surface area contributed by atoms with E-state index >= 15 is 0 Å². The predicted octanol–water partition coefficient (Wildman–Crippen LogP) is 25.1. The first-order chi connectivity index (χ1) is 40.0. The summed E-state index contributed by atoms with van der Waals surface area (Å²) in [6.07, 6.45) is 87.6. The number of rotatable bonds is 68. The van der Waals surface area contributed by atoms with Crippen LogP contribution in [0, 0.1) is 0 Å². The minimum Gasteiger partial charge on any atom is -0.462 e. The number of unbranched alkanes of at least 4 members (excludes halogenated alkanes) is 51. The van der Waals surface area contributed by atoms with Gasteiger partial charge in [0.15, 0.2) is 6.10 Å². The van der Waals surface area contributed by atoms with Crippen molar-refractivity contribution in [2.45, 2.75) is 412 Å². The van der Waals surface area contributed by atoms with Crippen molar-refractivity contribution in [3.05, 3.63) is 36.5 Å². The monoisotopic (exact) mass is 1140 g/mol. The molecule has 0 amide bonds. The maximum atomic E-state index is 12.9. The topological polar surface area (TPSA) is 78.9 Å². The Hall–Kier alpha value is -2.37. The second-order valence-electron chi connectivity index (χ2n) is 24.9. The van der Waals surface area contributed by atoms with Crippen LogP contribution in [0.1, 0.15) is 406 Å². The van der Waals surface area contributed by atoms with Crippen LogP contribution in [0.15, 0.2) is 36.5 Å². The summed E-state index contributed by atoms with van der Waals surface area (Å²) in [6.45, 7) is 6.67. The molecule has 0 saturated carbocycles. The summed E-state index contributed by atoms with van der Waals surface area (Å²) < 4.78 is 17.0. The number of ether oxygens (including phenoxy) is 3. The van der Waals surface area contributed by atoms with Crippen molar-refractivity contribution in [3.63, 3.8) is 0 Å². The van der Waals surface area contributed by atoms with Crippen LogP contribution in [0.4, 0.5) is 0 Å². The number of hydrogen-bond acceptors (Lipinski definition) is 6. The van der Waals surface area contributed by atoms with Gasteiger partial charge in [-0.1, -0.05) is 346 Å². The van der Waals surface area contributed by atoms with Crippen LogP contribution in [0.2, 0.25) is 0 Å². The predicted molar refractivity (Wildman–Crippen MR) is 353 cm³/mol. The summed E-state index contributed by atoms with van der Waals surface area (Å²) >= 11 is 0. The molecule has 0 bridgehead atoms. The lowest BCUT2D eigenvalue weighted by atomic mass is 10.0. The molecule has 0 spiro atoms. The van der Waals surface area contributed by atoms with Gasteiger partial charge < -0.3 is 14.2 Å². The summed E-state index contributed by atoms with van der Waals surface area (Å²) in [5, 5.41) is 0. The van der Waals surface area contributed by atoms with E-state index in [2.05, 4.69) is 57.2 Å². The van der Waals surface area contributed by atoms with Gasteiger partial charge in [0.25, 0.3) is 0 Å². The lowest BCUT2D eigenvalue weighted by molar-refractivity contribution is -0.167. The van der Waals surface area contributed by atoms with Gasteiger partial charge in [0.05, 0.1) is 0 Å². The van der Waals surface area contributed by atoms with E-state index in [1.54, 1.807) is 0 Å². The highest BCUT2D eigenvalue weighted by molar-refractivity contribution is 5.71. The largest absolute Gasteiger partial charge is 0.462 e. The van der Waals surface area contributed by atoms with E-state index in [1.807, 2.05) is 0 Å². The molecule has 0 heterocycles. The molecular formula is C75H140O6. The first-order valence-corrected chi connectivity index (χ1v) is 36.5. The summed E-state index contributed by atoms with van der Waals surface area (Å²) in [4.78, 5) is 38.4. The Kier molecular flexibility index (Phi) is 68.1. The van der Waals surface area contributed by atoms with Crippen molar-refractivity contribution in [3.8, 4) is 0 Å². The molecule has 0 N–H and O–H groups in total. The van der Waals surface area contributed by atoms with Gasteiger partial charge in [0, 0.05) is 19.3 Å². The highest BCUT2D eigenvalue weighted by Crippen LogP contribution is 2.19. The van der Waals surface area contributed by atoms with Gasteiger partial charge in [-0.15, -0.1) is 0 Å². The molecule has 1 atom stereocenters. The molecule has 0 aliphatic heterocycles. The van der Waals surface area contributed by atoms with Crippen molar-refractivity contribution >= 4 is 17.9 Å². The smallest absolute Gasteiger partial charge is 0.306 e. The fourth-order valence-corrected chi connectivity index (χ4v) is 11.1. The maximum Gasteiger partial charge on any atom is 0.306 e. The van der Waals surface area contributed by atoms with Crippen molar-refractivity contribution in [1.29, 1.82) is 0 Å². The third-order valence-corrected chi connectivity index (χ3v) is 16.6. The Balaban J connectivity index is 4.16. The van der Waals surface area contributed by atoms with Crippen molar-refractivity contribution < 1.29 is 28.6 Å². The van der Waals surface area contributed by atoms with E-state index in [1.165, 1.54) is 289 Å². The van der Waals surface area contributed by atoms with E-state index < -0.39 is 6.10 Å². The Morgan fingerprint density at radius 3 is 0.704 bits per heavy atom. The second-order valence-corrected chi connectivity index (χ2v) is 24.9. The molecule has 6 heteroatoms. The van der Waals surface area contributed by atoms with Crippen molar-refractivity contribution in [1.82, 2.24) is 0 Å². The van der Waals surface area contributed by atoms with Crippen molar-refractivity contribution in [2.24, 2.45) is 0 Å². The Labute approximate surface area is 506 Å². The molecule has 0 aromatic rings. The van der Waals surface area contributed by atoms with Crippen LogP contribution in [-0.4, -0.2) is 37.2 Å². The third kappa shape index (κ3) is 68.3. The molecule has 0 aromatic heterocycles. The van der Waals surface area contributed by atoms with Gasteiger partial charge in [-0.05, 0) is 77.0 Å². The minimum atomic E-state index is -0.779. The molecule has 0 aromatic carbocycles. The molecule has 0 fully saturated rings. The van der Waals surface area contributed by atoms with E-state index in [-0.39, 0.29) is 31.1 Å².